The predicted octanol–water partition coefficient (Wildman–Crippen LogP) is 1.96. The van der Waals surface area contributed by atoms with E-state index >= 15 is 0 Å². The Bertz CT molecular complexity index is 456. The van der Waals surface area contributed by atoms with Gasteiger partial charge in [0.15, 0.2) is 0 Å². The molecule has 19 heavy (non-hydrogen) atoms. The third-order valence-electron chi connectivity index (χ3n) is 3.96. The molecule has 0 aliphatic heterocycles. The van der Waals surface area contributed by atoms with Gasteiger partial charge in [0.2, 0.25) is 0 Å². The van der Waals surface area contributed by atoms with E-state index in [1.54, 1.807) is 0 Å². The van der Waals surface area contributed by atoms with Crippen molar-refractivity contribution in [3.63, 3.8) is 0 Å². The Balaban J connectivity index is 2.06. The second-order valence-corrected chi connectivity index (χ2v) is 5.87. The van der Waals surface area contributed by atoms with Crippen molar-refractivity contribution in [2.24, 2.45) is 11.1 Å². The van der Waals surface area contributed by atoms with Gasteiger partial charge in [0.1, 0.15) is 0 Å². The van der Waals surface area contributed by atoms with Crippen LogP contribution in [0.25, 0.3) is 0 Å². The highest BCUT2D eigenvalue weighted by Gasteiger charge is 2.34. The molecule has 4 heteroatoms. The maximum absolute atomic E-state index is 10.7. The molecule has 1 aromatic rings. The quantitative estimate of drug-likeness (QED) is 0.725. The van der Waals surface area contributed by atoms with Crippen LogP contribution in [0.3, 0.4) is 0 Å². The summed E-state index contributed by atoms with van der Waals surface area (Å²) in [6, 6.07) is 8.47. The van der Waals surface area contributed by atoms with Crippen molar-refractivity contribution in [2.45, 2.75) is 32.7 Å². The first-order valence-electron chi connectivity index (χ1n) is 6.85. The van der Waals surface area contributed by atoms with E-state index in [0.717, 1.165) is 13.0 Å². The topological polar surface area (TPSA) is 67.2 Å². The van der Waals surface area contributed by atoms with Crippen LogP contribution in [0, 0.1) is 5.41 Å². The van der Waals surface area contributed by atoms with E-state index in [-0.39, 0.29) is 5.41 Å². The summed E-state index contributed by atoms with van der Waals surface area (Å²) in [6.45, 7) is 5.87. The normalized spacial score (nSPS) is 20.6. The molecule has 1 aliphatic rings. The second-order valence-electron chi connectivity index (χ2n) is 5.87. The summed E-state index contributed by atoms with van der Waals surface area (Å²) < 4.78 is 0. The first-order chi connectivity index (χ1) is 9.00. The molecule has 0 aromatic heterocycles. The maximum atomic E-state index is 10.7. The molecule has 0 saturated carbocycles. The Kier molecular flexibility index (Phi) is 4.10. The minimum absolute atomic E-state index is 0.223. The van der Waals surface area contributed by atoms with Gasteiger partial charge in [0, 0.05) is 19.1 Å². The monoisotopic (exact) mass is 261 g/mol. The number of urea groups is 1. The van der Waals surface area contributed by atoms with Crippen LogP contribution >= 0.6 is 0 Å². The Hall–Kier alpha value is -1.55. The number of aryl methyl sites for hydroxylation is 1. The van der Waals surface area contributed by atoms with Crippen LogP contribution in [0.5, 0.6) is 0 Å². The van der Waals surface area contributed by atoms with Crippen molar-refractivity contribution in [3.8, 4) is 0 Å². The zero-order valence-electron chi connectivity index (χ0n) is 11.7. The summed E-state index contributed by atoms with van der Waals surface area (Å²) in [6.07, 6.45) is 2.31. The zero-order valence-corrected chi connectivity index (χ0v) is 11.7. The molecule has 1 unspecified atom stereocenters. The van der Waals surface area contributed by atoms with E-state index in [1.807, 2.05) is 0 Å². The summed E-state index contributed by atoms with van der Waals surface area (Å²) in [5, 5.41) is 6.17. The standard InChI is InChI=1S/C15H23N3O/c1-15(2)8-7-11-5-3-4-6-12(11)13(15)17-9-10-18-14(16)19/h3-6,13,17H,7-10H2,1-2H3,(H3,16,18,19). The molecule has 2 rings (SSSR count). The number of carbonyl (C=O) groups is 1. The van der Waals surface area contributed by atoms with Gasteiger partial charge < -0.3 is 16.4 Å². The summed E-state index contributed by atoms with van der Waals surface area (Å²) in [5.74, 6) is 0. The minimum Gasteiger partial charge on any atom is -0.352 e. The van der Waals surface area contributed by atoms with Crippen LogP contribution in [-0.4, -0.2) is 19.1 Å². The number of nitrogens with one attached hydrogen (secondary N) is 2. The van der Waals surface area contributed by atoms with Gasteiger partial charge in [-0.25, -0.2) is 4.79 Å². The first-order valence-corrected chi connectivity index (χ1v) is 6.85. The molecule has 0 heterocycles. The number of carbonyl (C=O) groups excluding carboxylic acids is 1. The molecule has 1 aromatic carbocycles. The van der Waals surface area contributed by atoms with Crippen molar-refractivity contribution in [2.75, 3.05) is 13.1 Å². The van der Waals surface area contributed by atoms with Gasteiger partial charge in [0.25, 0.3) is 0 Å². The fourth-order valence-electron chi connectivity index (χ4n) is 2.85. The number of rotatable bonds is 4. The van der Waals surface area contributed by atoms with Crippen LogP contribution in [0.4, 0.5) is 4.79 Å². The molecule has 1 atom stereocenters. The molecule has 0 saturated heterocycles. The average molecular weight is 261 g/mol. The van der Waals surface area contributed by atoms with E-state index in [4.69, 9.17) is 5.73 Å². The highest BCUT2D eigenvalue weighted by Crippen LogP contribution is 2.43. The minimum atomic E-state index is -0.467. The Morgan fingerprint density at radius 2 is 2.11 bits per heavy atom. The van der Waals surface area contributed by atoms with E-state index in [9.17, 15) is 4.79 Å². The van der Waals surface area contributed by atoms with Crippen LogP contribution < -0.4 is 16.4 Å². The van der Waals surface area contributed by atoms with Gasteiger partial charge in [-0.15, -0.1) is 0 Å². The average Bonchev–Trinajstić information content (AvgIpc) is 2.36. The summed E-state index contributed by atoms with van der Waals surface area (Å²) in [5.41, 5.74) is 8.11. The third kappa shape index (κ3) is 3.26. The molecule has 0 bridgehead atoms. The third-order valence-corrected chi connectivity index (χ3v) is 3.96. The summed E-state index contributed by atoms with van der Waals surface area (Å²) in [7, 11) is 0. The van der Waals surface area contributed by atoms with Crippen molar-refractivity contribution in [1.82, 2.24) is 10.6 Å². The van der Waals surface area contributed by atoms with Crippen LogP contribution in [0.15, 0.2) is 24.3 Å². The largest absolute Gasteiger partial charge is 0.352 e. The number of primary amides is 1. The van der Waals surface area contributed by atoms with Gasteiger partial charge in [-0.3, -0.25) is 0 Å². The van der Waals surface area contributed by atoms with E-state index in [0.29, 0.717) is 12.6 Å². The number of fused-ring (bicyclic) bond motifs is 1. The fraction of sp³-hybridized carbons (Fsp3) is 0.533. The van der Waals surface area contributed by atoms with Gasteiger partial charge in [-0.05, 0) is 29.4 Å². The smallest absolute Gasteiger partial charge is 0.312 e. The van der Waals surface area contributed by atoms with Gasteiger partial charge in [0.05, 0.1) is 0 Å². The molecule has 4 nitrogen and oxygen atoms in total. The second kappa shape index (κ2) is 5.61. The summed E-state index contributed by atoms with van der Waals surface area (Å²) >= 11 is 0. The number of nitrogens with two attached hydrogens (primary N) is 1. The molecule has 0 radical (unpaired) electrons. The molecule has 2 amide bonds. The molecular weight excluding hydrogens is 238 g/mol. The lowest BCUT2D eigenvalue weighted by molar-refractivity contribution is 0.209. The van der Waals surface area contributed by atoms with Crippen molar-refractivity contribution in [3.05, 3.63) is 35.4 Å². The van der Waals surface area contributed by atoms with Crippen molar-refractivity contribution >= 4 is 6.03 Å². The maximum Gasteiger partial charge on any atom is 0.312 e. The van der Waals surface area contributed by atoms with Gasteiger partial charge >= 0.3 is 6.03 Å². The van der Waals surface area contributed by atoms with Gasteiger partial charge in [-0.2, -0.15) is 0 Å². The Morgan fingerprint density at radius 3 is 2.84 bits per heavy atom. The number of amides is 2. The molecule has 104 valence electrons. The highest BCUT2D eigenvalue weighted by atomic mass is 16.2. The molecule has 0 fully saturated rings. The molecule has 4 N–H and O–H groups in total. The Labute approximate surface area is 114 Å². The van der Waals surface area contributed by atoms with E-state index in [1.165, 1.54) is 17.5 Å². The van der Waals surface area contributed by atoms with Crippen LogP contribution in [0.2, 0.25) is 0 Å². The Morgan fingerprint density at radius 1 is 1.37 bits per heavy atom. The first kappa shape index (κ1) is 13.9. The predicted molar refractivity (Wildman–Crippen MR) is 76.9 cm³/mol. The van der Waals surface area contributed by atoms with Crippen LogP contribution in [-0.2, 0) is 6.42 Å². The SMILES string of the molecule is CC1(C)CCc2ccccc2C1NCCNC(N)=O. The highest BCUT2D eigenvalue weighted by molar-refractivity contribution is 5.71. The van der Waals surface area contributed by atoms with Crippen LogP contribution in [0.1, 0.15) is 37.4 Å². The number of hydrogen-bond acceptors (Lipinski definition) is 2. The van der Waals surface area contributed by atoms with E-state index in [2.05, 4.69) is 48.7 Å². The lowest BCUT2D eigenvalue weighted by atomic mass is 9.70. The number of benzene rings is 1. The molecule has 1 aliphatic carbocycles. The summed E-state index contributed by atoms with van der Waals surface area (Å²) in [4.78, 5) is 10.7. The number of hydrogen-bond donors (Lipinski definition) is 3. The zero-order chi connectivity index (χ0) is 13.9. The van der Waals surface area contributed by atoms with Crippen molar-refractivity contribution < 1.29 is 4.79 Å². The van der Waals surface area contributed by atoms with Crippen molar-refractivity contribution in [1.29, 1.82) is 0 Å². The lowest BCUT2D eigenvalue weighted by Crippen LogP contribution is -2.42. The fourth-order valence-corrected chi connectivity index (χ4v) is 2.85. The van der Waals surface area contributed by atoms with Gasteiger partial charge in [-0.1, -0.05) is 38.1 Å². The molecule has 0 spiro atoms. The van der Waals surface area contributed by atoms with E-state index < -0.39 is 6.03 Å². The lowest BCUT2D eigenvalue weighted by Gasteiger charge is -2.40. The molecular formula is C15H23N3O.